The molecule has 3 rings (SSSR count). The molecule has 0 saturated heterocycles. The van der Waals surface area contributed by atoms with Crippen molar-refractivity contribution in [2.24, 2.45) is 5.73 Å². The molecule has 2 aromatic carbocycles. The molecule has 0 aliphatic rings. The van der Waals surface area contributed by atoms with Crippen molar-refractivity contribution in [3.05, 3.63) is 71.4 Å². The molecule has 140 valence electrons. The number of halogens is 3. The van der Waals surface area contributed by atoms with Gasteiger partial charge in [0.25, 0.3) is 5.91 Å². The maximum Gasteiger partial charge on any atom is 0.416 e. The van der Waals surface area contributed by atoms with Crippen LogP contribution in [0.15, 0.2) is 54.7 Å². The Morgan fingerprint density at radius 1 is 1.07 bits per heavy atom. The molecular weight excluding hydrogens is 359 g/mol. The second-order valence-corrected chi connectivity index (χ2v) is 6.07. The zero-order valence-corrected chi connectivity index (χ0v) is 14.0. The Labute approximate surface area is 152 Å². The molecule has 4 N–H and O–H groups in total. The van der Waals surface area contributed by atoms with Crippen molar-refractivity contribution in [1.82, 2.24) is 10.3 Å². The van der Waals surface area contributed by atoms with Gasteiger partial charge >= 0.3 is 6.18 Å². The second-order valence-electron chi connectivity index (χ2n) is 6.07. The topological polar surface area (TPSA) is 88.0 Å². The summed E-state index contributed by atoms with van der Waals surface area (Å²) in [7, 11) is 0. The summed E-state index contributed by atoms with van der Waals surface area (Å²) >= 11 is 0. The van der Waals surface area contributed by atoms with Crippen molar-refractivity contribution in [1.29, 1.82) is 0 Å². The van der Waals surface area contributed by atoms with Crippen LogP contribution < -0.4 is 11.1 Å². The highest BCUT2D eigenvalue weighted by atomic mass is 19.4. The lowest BCUT2D eigenvalue weighted by atomic mass is 10.0. The van der Waals surface area contributed by atoms with E-state index in [0.717, 1.165) is 40.7 Å². The maximum absolute atomic E-state index is 12.6. The summed E-state index contributed by atoms with van der Waals surface area (Å²) in [5, 5.41) is 3.38. The van der Waals surface area contributed by atoms with Gasteiger partial charge in [-0.25, -0.2) is 0 Å². The van der Waals surface area contributed by atoms with Crippen molar-refractivity contribution in [2.75, 3.05) is 0 Å². The Balaban J connectivity index is 1.76. The number of hydrogen-bond donors (Lipinski definition) is 3. The SMILES string of the molecule is NC(=O)[C@@H](Cc1c[nH]c2ccccc12)NC(=O)c1ccc(C(F)(F)F)cc1. The summed E-state index contributed by atoms with van der Waals surface area (Å²) < 4.78 is 37.8. The minimum atomic E-state index is -4.49. The van der Waals surface area contributed by atoms with E-state index in [1.165, 1.54) is 0 Å². The lowest BCUT2D eigenvalue weighted by molar-refractivity contribution is -0.137. The Morgan fingerprint density at radius 3 is 2.37 bits per heavy atom. The molecule has 27 heavy (non-hydrogen) atoms. The molecular formula is C19H16F3N3O2. The number of benzene rings is 2. The van der Waals surface area contributed by atoms with Crippen molar-refractivity contribution in [3.63, 3.8) is 0 Å². The smallest absolute Gasteiger partial charge is 0.368 e. The van der Waals surface area contributed by atoms with Gasteiger partial charge < -0.3 is 16.0 Å². The van der Waals surface area contributed by atoms with Crippen molar-refractivity contribution in [3.8, 4) is 0 Å². The number of fused-ring (bicyclic) bond motifs is 1. The van der Waals surface area contributed by atoms with Crippen molar-refractivity contribution < 1.29 is 22.8 Å². The van der Waals surface area contributed by atoms with E-state index >= 15 is 0 Å². The van der Waals surface area contributed by atoms with E-state index in [9.17, 15) is 22.8 Å². The van der Waals surface area contributed by atoms with Crippen LogP contribution in [0.2, 0.25) is 0 Å². The second kappa shape index (κ2) is 7.14. The number of nitrogens with two attached hydrogens (primary N) is 1. The number of nitrogens with one attached hydrogen (secondary N) is 2. The average molecular weight is 375 g/mol. The van der Waals surface area contributed by atoms with Gasteiger partial charge in [-0.05, 0) is 35.9 Å². The van der Waals surface area contributed by atoms with Crippen LogP contribution in [0.5, 0.6) is 0 Å². The van der Waals surface area contributed by atoms with Gasteiger partial charge in [-0.15, -0.1) is 0 Å². The van der Waals surface area contributed by atoms with Gasteiger partial charge in [0.15, 0.2) is 0 Å². The Morgan fingerprint density at radius 2 is 1.74 bits per heavy atom. The third-order valence-electron chi connectivity index (χ3n) is 4.22. The van der Waals surface area contributed by atoms with Gasteiger partial charge in [-0.1, -0.05) is 18.2 Å². The summed E-state index contributed by atoms with van der Waals surface area (Å²) in [6, 6.07) is 10.2. The number of primary amides is 1. The highest BCUT2D eigenvalue weighted by Gasteiger charge is 2.30. The van der Waals surface area contributed by atoms with E-state index in [2.05, 4.69) is 10.3 Å². The first-order chi connectivity index (χ1) is 12.8. The van der Waals surface area contributed by atoms with Crippen LogP contribution in [0.3, 0.4) is 0 Å². The van der Waals surface area contributed by atoms with E-state index < -0.39 is 29.6 Å². The number of hydrogen-bond acceptors (Lipinski definition) is 2. The Hall–Kier alpha value is -3.29. The highest BCUT2D eigenvalue weighted by Crippen LogP contribution is 2.29. The largest absolute Gasteiger partial charge is 0.416 e. The molecule has 0 aliphatic heterocycles. The molecule has 0 bridgehead atoms. The average Bonchev–Trinajstić information content (AvgIpc) is 3.03. The first kappa shape index (κ1) is 18.5. The van der Waals surface area contributed by atoms with Crippen LogP contribution in [0.25, 0.3) is 10.9 Å². The molecule has 2 amide bonds. The number of alkyl halides is 3. The first-order valence-corrected chi connectivity index (χ1v) is 8.08. The Kier molecular flexibility index (Phi) is 4.89. The van der Waals surface area contributed by atoms with E-state index in [1.54, 1.807) is 6.20 Å². The standard InChI is InChI=1S/C19H16F3N3O2/c20-19(21,22)13-7-5-11(6-8-13)18(27)25-16(17(23)26)9-12-10-24-15-4-2-1-3-14(12)15/h1-8,10,16,24H,9H2,(H2,23,26)(H,25,27)/t16-/m1/s1. The van der Waals surface area contributed by atoms with Gasteiger partial charge in [0, 0.05) is 29.1 Å². The number of aromatic nitrogens is 1. The van der Waals surface area contributed by atoms with Crippen LogP contribution in [0.1, 0.15) is 21.5 Å². The first-order valence-electron chi connectivity index (χ1n) is 8.08. The molecule has 8 heteroatoms. The van der Waals surface area contributed by atoms with E-state index in [-0.39, 0.29) is 12.0 Å². The number of H-pyrrole nitrogens is 1. The van der Waals surface area contributed by atoms with Gasteiger partial charge in [-0.2, -0.15) is 13.2 Å². The minimum absolute atomic E-state index is 0.00757. The maximum atomic E-state index is 12.6. The molecule has 1 heterocycles. The molecule has 0 radical (unpaired) electrons. The van der Waals surface area contributed by atoms with Crippen molar-refractivity contribution >= 4 is 22.7 Å². The summed E-state index contributed by atoms with van der Waals surface area (Å²) in [6.07, 6.45) is -2.60. The lowest BCUT2D eigenvalue weighted by Crippen LogP contribution is -2.45. The summed E-state index contributed by atoms with van der Waals surface area (Å²) in [5.41, 5.74) is 6.22. The molecule has 5 nitrogen and oxygen atoms in total. The van der Waals surface area contributed by atoms with Gasteiger partial charge in [0.1, 0.15) is 6.04 Å². The molecule has 3 aromatic rings. The molecule has 1 aromatic heterocycles. The van der Waals surface area contributed by atoms with Crippen LogP contribution in [0, 0.1) is 0 Å². The number of aromatic amines is 1. The Bertz CT molecular complexity index is 978. The number of para-hydroxylation sites is 1. The zero-order valence-electron chi connectivity index (χ0n) is 14.0. The van der Waals surface area contributed by atoms with Crippen LogP contribution in [-0.2, 0) is 17.4 Å². The third-order valence-corrected chi connectivity index (χ3v) is 4.22. The lowest BCUT2D eigenvalue weighted by Gasteiger charge is -2.15. The van der Waals surface area contributed by atoms with Crippen molar-refractivity contribution in [2.45, 2.75) is 18.6 Å². The van der Waals surface area contributed by atoms with E-state index in [4.69, 9.17) is 5.73 Å². The fraction of sp³-hybridized carbons (Fsp3) is 0.158. The fourth-order valence-corrected chi connectivity index (χ4v) is 2.80. The quantitative estimate of drug-likeness (QED) is 0.640. The van der Waals surface area contributed by atoms with Gasteiger partial charge in [0.05, 0.1) is 5.56 Å². The number of carbonyl (C=O) groups excluding carboxylic acids is 2. The summed E-state index contributed by atoms with van der Waals surface area (Å²) in [4.78, 5) is 27.1. The number of carbonyl (C=O) groups is 2. The molecule has 0 fully saturated rings. The number of amides is 2. The fourth-order valence-electron chi connectivity index (χ4n) is 2.80. The molecule has 1 atom stereocenters. The third kappa shape index (κ3) is 4.11. The van der Waals surface area contributed by atoms with E-state index in [1.807, 2.05) is 24.3 Å². The van der Waals surface area contributed by atoms with Crippen LogP contribution >= 0.6 is 0 Å². The normalized spacial score (nSPS) is 12.7. The minimum Gasteiger partial charge on any atom is -0.368 e. The predicted octanol–water partition coefficient (Wildman–Crippen LogP) is 3.01. The summed E-state index contributed by atoms with van der Waals surface area (Å²) in [5.74, 6) is -1.41. The van der Waals surface area contributed by atoms with Gasteiger partial charge in [-0.3, -0.25) is 9.59 Å². The predicted molar refractivity (Wildman–Crippen MR) is 93.9 cm³/mol. The van der Waals surface area contributed by atoms with Crippen LogP contribution in [-0.4, -0.2) is 22.8 Å². The number of rotatable bonds is 5. The monoisotopic (exact) mass is 375 g/mol. The van der Waals surface area contributed by atoms with Gasteiger partial charge in [0.2, 0.25) is 5.91 Å². The molecule has 0 spiro atoms. The van der Waals surface area contributed by atoms with E-state index in [0.29, 0.717) is 0 Å². The molecule has 0 saturated carbocycles. The molecule has 0 aliphatic carbocycles. The zero-order chi connectivity index (χ0) is 19.6. The summed E-state index contributed by atoms with van der Waals surface area (Å²) in [6.45, 7) is 0. The van der Waals surface area contributed by atoms with Crippen LogP contribution in [0.4, 0.5) is 13.2 Å². The molecule has 0 unspecified atom stereocenters. The highest BCUT2D eigenvalue weighted by molar-refractivity contribution is 5.97.